The lowest BCUT2D eigenvalue weighted by molar-refractivity contribution is 0.0116. The SMILES string of the molecule is C=N/C(Cl)=C\C(=N/C)c1cnc2ccc(C(C)(F)F)nn12. The number of hydrogen-bond acceptors (Lipinski definition) is 4. The third kappa shape index (κ3) is 3.13. The van der Waals surface area contributed by atoms with Gasteiger partial charge < -0.3 is 0 Å². The van der Waals surface area contributed by atoms with Crippen LogP contribution in [0.3, 0.4) is 0 Å². The van der Waals surface area contributed by atoms with Crippen molar-refractivity contribution in [2.75, 3.05) is 7.05 Å². The molecule has 0 atom stereocenters. The van der Waals surface area contributed by atoms with E-state index in [2.05, 4.69) is 26.8 Å². The Morgan fingerprint density at radius 1 is 1.48 bits per heavy atom. The van der Waals surface area contributed by atoms with Crippen LogP contribution in [0, 0.1) is 0 Å². The minimum Gasteiger partial charge on any atom is -0.286 e. The number of nitrogens with zero attached hydrogens (tertiary/aromatic N) is 5. The number of fused-ring (bicyclic) bond motifs is 1. The molecule has 0 aliphatic carbocycles. The van der Waals surface area contributed by atoms with Gasteiger partial charge in [-0.1, -0.05) is 11.6 Å². The first kappa shape index (κ1) is 15.2. The summed E-state index contributed by atoms with van der Waals surface area (Å²) in [5.41, 5.74) is 0.904. The van der Waals surface area contributed by atoms with E-state index >= 15 is 0 Å². The highest BCUT2D eigenvalue weighted by atomic mass is 35.5. The monoisotopic (exact) mass is 311 g/mol. The number of alkyl halides is 2. The molecule has 0 bridgehead atoms. The van der Waals surface area contributed by atoms with Crippen molar-refractivity contribution in [1.29, 1.82) is 0 Å². The molecule has 2 rings (SSSR count). The fourth-order valence-electron chi connectivity index (χ4n) is 1.69. The van der Waals surface area contributed by atoms with E-state index in [-0.39, 0.29) is 10.9 Å². The van der Waals surface area contributed by atoms with Crippen molar-refractivity contribution in [2.24, 2.45) is 9.98 Å². The molecule has 5 nitrogen and oxygen atoms in total. The number of aliphatic imine (C=N–C) groups is 2. The summed E-state index contributed by atoms with van der Waals surface area (Å²) in [7, 11) is 1.54. The third-order valence-corrected chi connectivity index (χ3v) is 2.95. The van der Waals surface area contributed by atoms with Gasteiger partial charge in [-0.05, 0) is 18.9 Å². The van der Waals surface area contributed by atoms with Crippen LogP contribution in [0.2, 0.25) is 0 Å². The number of allylic oxidation sites excluding steroid dienone is 1. The first-order chi connectivity index (χ1) is 9.86. The Balaban J connectivity index is 2.62. The normalized spacial score (nSPS) is 13.8. The Labute approximate surface area is 124 Å². The summed E-state index contributed by atoms with van der Waals surface area (Å²) in [5, 5.41) is 4.04. The van der Waals surface area contributed by atoms with Crippen molar-refractivity contribution in [2.45, 2.75) is 12.8 Å². The number of imidazole rings is 1. The van der Waals surface area contributed by atoms with Crippen molar-refractivity contribution in [3.05, 3.63) is 40.9 Å². The molecule has 8 heteroatoms. The first-order valence-electron chi connectivity index (χ1n) is 5.91. The highest BCUT2D eigenvalue weighted by Crippen LogP contribution is 2.25. The molecule has 0 amide bonds. The van der Waals surface area contributed by atoms with Gasteiger partial charge in [0.2, 0.25) is 0 Å². The standard InChI is InChI=1S/C13H12ClF2N5/c1-13(15,16)10-4-5-12-19-7-9(21(12)20-10)8(17-2)6-11(14)18-3/h4-7H,3H2,1-2H3/b11-6-,17-8+. The Hall–Kier alpha value is -2.15. The molecule has 0 aromatic carbocycles. The van der Waals surface area contributed by atoms with Crippen LogP contribution >= 0.6 is 11.6 Å². The smallest absolute Gasteiger partial charge is 0.286 e. The highest BCUT2D eigenvalue weighted by molar-refractivity contribution is 6.32. The molecule has 110 valence electrons. The van der Waals surface area contributed by atoms with E-state index in [1.165, 1.54) is 36.0 Å². The van der Waals surface area contributed by atoms with Gasteiger partial charge in [0.25, 0.3) is 5.92 Å². The maximum absolute atomic E-state index is 13.4. The van der Waals surface area contributed by atoms with E-state index in [1.807, 2.05) is 0 Å². The molecule has 0 aliphatic heterocycles. The summed E-state index contributed by atoms with van der Waals surface area (Å²) < 4.78 is 28.1. The molecule has 0 radical (unpaired) electrons. The van der Waals surface area contributed by atoms with Crippen LogP contribution in [-0.4, -0.2) is 34.1 Å². The predicted octanol–water partition coefficient (Wildman–Crippen LogP) is 3.04. The van der Waals surface area contributed by atoms with Crippen LogP contribution in [0.25, 0.3) is 5.65 Å². The molecule has 0 spiro atoms. The maximum atomic E-state index is 13.4. The number of rotatable bonds is 4. The summed E-state index contributed by atoms with van der Waals surface area (Å²) in [6.07, 6.45) is 2.93. The van der Waals surface area contributed by atoms with Crippen LogP contribution in [0.4, 0.5) is 8.78 Å². The molecule has 0 fully saturated rings. The van der Waals surface area contributed by atoms with Gasteiger partial charge in [-0.25, -0.2) is 9.50 Å². The Bertz CT molecular complexity index is 743. The van der Waals surface area contributed by atoms with E-state index in [4.69, 9.17) is 11.6 Å². The Morgan fingerprint density at radius 3 is 2.76 bits per heavy atom. The van der Waals surface area contributed by atoms with E-state index in [0.29, 0.717) is 17.1 Å². The fourth-order valence-corrected chi connectivity index (χ4v) is 1.80. The van der Waals surface area contributed by atoms with E-state index in [1.54, 1.807) is 0 Å². The predicted molar refractivity (Wildman–Crippen MR) is 78.5 cm³/mol. The van der Waals surface area contributed by atoms with Crippen molar-refractivity contribution in [3.8, 4) is 0 Å². The van der Waals surface area contributed by atoms with Crippen LogP contribution in [0.5, 0.6) is 0 Å². The Morgan fingerprint density at radius 2 is 2.19 bits per heavy atom. The van der Waals surface area contributed by atoms with Crippen molar-refractivity contribution in [3.63, 3.8) is 0 Å². The van der Waals surface area contributed by atoms with Gasteiger partial charge in [0.05, 0.1) is 11.9 Å². The zero-order valence-electron chi connectivity index (χ0n) is 11.4. The summed E-state index contributed by atoms with van der Waals surface area (Å²) >= 11 is 5.79. The molecule has 0 saturated heterocycles. The molecule has 0 saturated carbocycles. The summed E-state index contributed by atoms with van der Waals surface area (Å²) in [5.74, 6) is -3.05. The fraction of sp³-hybridized carbons (Fsp3) is 0.231. The van der Waals surface area contributed by atoms with Crippen LogP contribution < -0.4 is 0 Å². The van der Waals surface area contributed by atoms with Gasteiger partial charge in [0.1, 0.15) is 16.5 Å². The third-order valence-electron chi connectivity index (χ3n) is 2.72. The topological polar surface area (TPSA) is 54.9 Å². The minimum atomic E-state index is -3.05. The number of halogens is 3. The lowest BCUT2D eigenvalue weighted by Gasteiger charge is -2.10. The van der Waals surface area contributed by atoms with Gasteiger partial charge in [-0.15, -0.1) is 0 Å². The van der Waals surface area contributed by atoms with Gasteiger partial charge in [-0.2, -0.15) is 13.9 Å². The second-order valence-electron chi connectivity index (χ2n) is 4.25. The van der Waals surface area contributed by atoms with Crippen LogP contribution in [0.1, 0.15) is 18.3 Å². The average Bonchev–Trinajstić information content (AvgIpc) is 2.86. The van der Waals surface area contributed by atoms with Gasteiger partial charge >= 0.3 is 0 Å². The molecule has 2 heterocycles. The van der Waals surface area contributed by atoms with Crippen LogP contribution in [-0.2, 0) is 5.92 Å². The second-order valence-corrected chi connectivity index (χ2v) is 4.64. The lowest BCUT2D eigenvalue weighted by atomic mass is 10.2. The average molecular weight is 312 g/mol. The number of aromatic nitrogens is 3. The van der Waals surface area contributed by atoms with E-state index in [9.17, 15) is 8.78 Å². The lowest BCUT2D eigenvalue weighted by Crippen LogP contribution is -2.14. The van der Waals surface area contributed by atoms with Crippen molar-refractivity contribution >= 4 is 29.7 Å². The zero-order chi connectivity index (χ0) is 15.6. The minimum absolute atomic E-state index is 0.127. The molecular formula is C13H12ClF2N5. The largest absolute Gasteiger partial charge is 0.288 e. The summed E-state index contributed by atoms with van der Waals surface area (Å²) in [4.78, 5) is 11.7. The molecule has 21 heavy (non-hydrogen) atoms. The molecule has 2 aromatic rings. The first-order valence-corrected chi connectivity index (χ1v) is 6.28. The van der Waals surface area contributed by atoms with E-state index < -0.39 is 5.92 Å². The molecule has 0 N–H and O–H groups in total. The zero-order valence-corrected chi connectivity index (χ0v) is 12.1. The highest BCUT2D eigenvalue weighted by Gasteiger charge is 2.27. The van der Waals surface area contributed by atoms with Gasteiger partial charge in [0, 0.05) is 20.0 Å². The molecule has 0 aliphatic rings. The van der Waals surface area contributed by atoms with Crippen molar-refractivity contribution < 1.29 is 8.78 Å². The van der Waals surface area contributed by atoms with Crippen molar-refractivity contribution in [1.82, 2.24) is 14.6 Å². The van der Waals surface area contributed by atoms with Gasteiger partial charge in [-0.3, -0.25) is 9.98 Å². The summed E-state index contributed by atoms with van der Waals surface area (Å²) in [6, 6.07) is 2.70. The maximum Gasteiger partial charge on any atom is 0.288 e. The Kier molecular flexibility index (Phi) is 4.13. The summed E-state index contributed by atoms with van der Waals surface area (Å²) in [6.45, 7) is 4.08. The molecular weight excluding hydrogens is 300 g/mol. The molecule has 0 unspecified atom stereocenters. The van der Waals surface area contributed by atoms with Crippen LogP contribution in [0.15, 0.2) is 39.5 Å². The quantitative estimate of drug-likeness (QED) is 0.643. The van der Waals surface area contributed by atoms with Gasteiger partial charge in [0.15, 0.2) is 5.65 Å². The number of hydrogen-bond donors (Lipinski definition) is 0. The molecule has 2 aromatic heterocycles. The second kappa shape index (κ2) is 5.69. The van der Waals surface area contributed by atoms with E-state index in [0.717, 1.165) is 6.92 Å².